The number of hydrogen-bond acceptors (Lipinski definition) is 12. The fourth-order valence-corrected chi connectivity index (χ4v) is 7.14. The van der Waals surface area contributed by atoms with E-state index < -0.39 is 9.85 Å². The van der Waals surface area contributed by atoms with Crippen LogP contribution in [0.15, 0.2) is 114 Å². The zero-order valence-electron chi connectivity index (χ0n) is 33.4. The number of nitrogens with zero attached hydrogens (tertiary/aromatic N) is 6. The van der Waals surface area contributed by atoms with Gasteiger partial charge in [-0.15, -0.1) is 0 Å². The molecular weight excluding hydrogens is 773 g/mol. The lowest BCUT2D eigenvalue weighted by atomic mass is 10.1. The zero-order valence-corrected chi connectivity index (χ0v) is 33.4. The minimum Gasteiger partial charge on any atom is -0.508 e. The molecule has 0 saturated carbocycles. The number of aromatic hydroxyl groups is 3. The molecule has 3 N–H and O–H groups in total. The van der Waals surface area contributed by atoms with Crippen molar-refractivity contribution < 1.29 is 39.1 Å². The molecule has 0 fully saturated rings. The summed E-state index contributed by atoms with van der Waals surface area (Å²) in [5, 5.41) is 55.9. The molecule has 0 aliphatic rings. The summed E-state index contributed by atoms with van der Waals surface area (Å²) in [4.78, 5) is 26.9. The lowest BCUT2D eigenvalue weighted by molar-refractivity contribution is -0.383. The fraction of sp³-hybridized carbons (Fsp3) is 0.136. The van der Waals surface area contributed by atoms with Crippen LogP contribution in [0.2, 0.25) is 0 Å². The van der Waals surface area contributed by atoms with Crippen molar-refractivity contribution in [3.63, 3.8) is 0 Å². The normalized spacial score (nSPS) is 11.2. The predicted octanol–water partition coefficient (Wildman–Crippen LogP) is 9.22. The van der Waals surface area contributed by atoms with Gasteiger partial charge in [-0.1, -0.05) is 0 Å². The number of nitro groups is 2. The number of aromatic nitrogens is 2. The first-order valence-corrected chi connectivity index (χ1v) is 18.3. The molecule has 0 aliphatic carbocycles. The lowest BCUT2D eigenvalue weighted by Crippen LogP contribution is -2.09. The maximum absolute atomic E-state index is 12.5. The second-order valence-corrected chi connectivity index (χ2v) is 14.1. The highest BCUT2D eigenvalue weighted by molar-refractivity contribution is 6.09. The molecule has 0 atom stereocenters. The van der Waals surface area contributed by atoms with Gasteiger partial charge in [-0.3, -0.25) is 20.2 Å². The molecule has 0 bridgehead atoms. The number of rotatable bonds is 10. The van der Waals surface area contributed by atoms with Crippen molar-refractivity contribution in [2.75, 3.05) is 47.3 Å². The van der Waals surface area contributed by atoms with Crippen LogP contribution in [0.25, 0.3) is 61.5 Å². The van der Waals surface area contributed by atoms with Crippen LogP contribution in [0, 0.1) is 20.2 Å². The van der Waals surface area contributed by atoms with Gasteiger partial charge in [0.25, 0.3) is 0 Å². The summed E-state index contributed by atoms with van der Waals surface area (Å²) in [6.07, 6.45) is 3.44. The molecule has 0 saturated heterocycles. The van der Waals surface area contributed by atoms with E-state index in [4.69, 9.17) is 13.9 Å². The quantitative estimate of drug-likeness (QED) is 0.0876. The molecule has 8 aromatic rings. The summed E-state index contributed by atoms with van der Waals surface area (Å²) >= 11 is 0. The number of methoxy groups -OCH3 is 2. The Kier molecular flexibility index (Phi) is 10.7. The van der Waals surface area contributed by atoms with E-state index in [9.17, 15) is 35.5 Å². The van der Waals surface area contributed by atoms with Crippen molar-refractivity contribution >= 4 is 56.1 Å². The minimum atomic E-state index is -0.435. The van der Waals surface area contributed by atoms with Gasteiger partial charge in [-0.2, -0.15) is 0 Å². The number of furan rings is 1. The summed E-state index contributed by atoms with van der Waals surface area (Å²) in [6, 6.07) is 27.9. The molecule has 0 aliphatic heterocycles. The number of benzene rings is 5. The Morgan fingerprint density at radius 3 is 1.62 bits per heavy atom. The van der Waals surface area contributed by atoms with Gasteiger partial charge in [0.15, 0.2) is 0 Å². The summed E-state index contributed by atoms with van der Waals surface area (Å²) in [5.41, 5.74) is 3.83. The third kappa shape index (κ3) is 7.28. The average molecular weight is 813 g/mol. The monoisotopic (exact) mass is 812 g/mol. The van der Waals surface area contributed by atoms with Gasteiger partial charge in [0.05, 0.1) is 51.4 Å². The van der Waals surface area contributed by atoms with Gasteiger partial charge >= 0.3 is 11.4 Å². The number of phenols is 3. The second-order valence-electron chi connectivity index (χ2n) is 14.1. The lowest BCUT2D eigenvalue weighted by Gasteiger charge is -2.14. The molecule has 16 heteroatoms. The SMILES string of the molecule is COc1ccc(-n2c(-c3c(N(C)C)oc4ccc(O)cc34)c([N+](=O)[O-])c3ccc(O)cc32)cc1.COc1ccc(-n2c(C=CN(C)C)c([N+](=O)[O-])c3ccc(O)cc32)cc1. The van der Waals surface area contributed by atoms with Crippen molar-refractivity contribution in [1.82, 2.24) is 14.0 Å². The molecule has 16 nitrogen and oxygen atoms in total. The number of fused-ring (bicyclic) bond motifs is 3. The molecule has 3 aromatic heterocycles. The summed E-state index contributed by atoms with van der Waals surface area (Å²) < 4.78 is 20.0. The van der Waals surface area contributed by atoms with Gasteiger partial charge in [0, 0.05) is 63.3 Å². The Morgan fingerprint density at radius 1 is 0.633 bits per heavy atom. The molecular formula is C44H40N6O10. The maximum Gasteiger partial charge on any atom is 0.303 e. The first-order chi connectivity index (χ1) is 28.7. The topological polar surface area (TPSA) is 195 Å². The molecule has 0 unspecified atom stereocenters. The van der Waals surface area contributed by atoms with E-state index in [0.717, 1.165) is 5.69 Å². The van der Waals surface area contributed by atoms with Crippen molar-refractivity contribution in [2.45, 2.75) is 0 Å². The van der Waals surface area contributed by atoms with E-state index in [0.29, 0.717) is 67.1 Å². The Balaban J connectivity index is 0.000000189. The summed E-state index contributed by atoms with van der Waals surface area (Å²) in [7, 11) is 10.4. The third-order valence-corrected chi connectivity index (χ3v) is 9.74. The van der Waals surface area contributed by atoms with Crippen LogP contribution < -0.4 is 14.4 Å². The first kappa shape index (κ1) is 40.1. The van der Waals surface area contributed by atoms with Crippen LogP contribution in [0.3, 0.4) is 0 Å². The smallest absolute Gasteiger partial charge is 0.303 e. The first-order valence-electron chi connectivity index (χ1n) is 18.3. The van der Waals surface area contributed by atoms with Crippen molar-refractivity contribution in [3.05, 3.63) is 135 Å². The zero-order chi connectivity index (χ0) is 43.0. The van der Waals surface area contributed by atoms with Crippen molar-refractivity contribution in [1.29, 1.82) is 0 Å². The Morgan fingerprint density at radius 2 is 1.12 bits per heavy atom. The molecule has 60 heavy (non-hydrogen) atoms. The Hall–Kier alpha value is -8.14. The van der Waals surface area contributed by atoms with E-state index in [1.807, 2.05) is 26.2 Å². The van der Waals surface area contributed by atoms with E-state index in [2.05, 4.69) is 0 Å². The maximum atomic E-state index is 12.5. The molecule has 0 radical (unpaired) electrons. The number of phenolic OH excluding ortho intramolecular Hbond substituents is 3. The van der Waals surface area contributed by atoms with Gasteiger partial charge in [0.2, 0.25) is 5.88 Å². The van der Waals surface area contributed by atoms with E-state index in [-0.39, 0.29) is 34.3 Å². The Labute approximate surface area is 342 Å². The average Bonchev–Trinajstić information content (AvgIpc) is 3.87. The standard InChI is InChI=1S/C25H21N3O6.C19H19N3O4/c1-26(2)25-22(19-12-15(29)7-11-21(19)34-25)24-23(28(31)32)18-10-6-16(30)13-20(18)27(24)14-4-8-17(33-3)9-5-14;1-20(2)11-10-17-19(22(24)25)16-9-6-14(23)12-18(16)21(17)13-4-7-15(26-3)8-5-13/h4-13,29-30H,1-3H3;4-12,23H,1-3H3. The van der Waals surface area contributed by atoms with Crippen LogP contribution in [0.5, 0.6) is 28.7 Å². The van der Waals surface area contributed by atoms with E-state index in [1.54, 1.807) is 108 Å². The molecule has 5 aromatic carbocycles. The van der Waals surface area contributed by atoms with E-state index >= 15 is 0 Å². The predicted molar refractivity (Wildman–Crippen MR) is 230 cm³/mol. The summed E-state index contributed by atoms with van der Waals surface area (Å²) in [6.45, 7) is 0. The van der Waals surface area contributed by atoms with Crippen LogP contribution in [-0.4, -0.2) is 81.6 Å². The van der Waals surface area contributed by atoms with Gasteiger partial charge < -0.3 is 48.1 Å². The molecule has 0 spiro atoms. The Bertz CT molecular complexity index is 2940. The van der Waals surface area contributed by atoms with Crippen molar-refractivity contribution in [3.8, 4) is 51.4 Å². The number of anilines is 1. The number of hydrogen-bond donors (Lipinski definition) is 3. The third-order valence-electron chi connectivity index (χ3n) is 9.74. The molecule has 0 amide bonds. The van der Waals surface area contributed by atoms with Crippen LogP contribution >= 0.6 is 0 Å². The summed E-state index contributed by atoms with van der Waals surface area (Å²) in [5.74, 6) is 1.74. The molecule has 3 heterocycles. The van der Waals surface area contributed by atoms with E-state index in [1.165, 1.54) is 42.5 Å². The molecule has 8 rings (SSSR count). The second kappa shape index (κ2) is 16.0. The van der Waals surface area contributed by atoms with Crippen LogP contribution in [0.1, 0.15) is 5.69 Å². The fourth-order valence-electron chi connectivity index (χ4n) is 7.14. The van der Waals surface area contributed by atoms with Crippen molar-refractivity contribution in [2.24, 2.45) is 0 Å². The minimum absolute atomic E-state index is 0.00563. The highest BCUT2D eigenvalue weighted by atomic mass is 16.6. The molecule has 306 valence electrons. The number of ether oxygens (including phenoxy) is 2. The van der Waals surface area contributed by atoms with Crippen LogP contribution in [0.4, 0.5) is 17.3 Å². The van der Waals surface area contributed by atoms with Gasteiger partial charge in [0.1, 0.15) is 45.7 Å². The highest BCUT2D eigenvalue weighted by Gasteiger charge is 2.34. The van der Waals surface area contributed by atoms with Crippen LogP contribution in [-0.2, 0) is 0 Å². The van der Waals surface area contributed by atoms with Gasteiger partial charge in [-0.05, 0) is 97.1 Å². The van der Waals surface area contributed by atoms with Gasteiger partial charge in [-0.25, -0.2) is 0 Å². The highest BCUT2D eigenvalue weighted by Crippen LogP contribution is 2.50. The largest absolute Gasteiger partial charge is 0.508 e.